The molecular weight excluding hydrogens is 274 g/mol. The molecule has 1 aliphatic rings. The third-order valence-electron chi connectivity index (χ3n) is 3.79. The van der Waals surface area contributed by atoms with E-state index < -0.39 is 10.0 Å². The zero-order valence-electron chi connectivity index (χ0n) is 11.3. The molecule has 0 bridgehead atoms. The average molecular weight is 291 g/mol. The number of sulfonamides is 1. The molecular formula is C14H17N3O2S. The Labute approximate surface area is 118 Å². The normalized spacial score (nSPS) is 15.1. The van der Waals surface area contributed by atoms with Crippen molar-refractivity contribution in [3.05, 3.63) is 41.2 Å². The van der Waals surface area contributed by atoms with E-state index >= 15 is 0 Å². The molecule has 2 N–H and O–H groups in total. The number of primary sulfonamides is 1. The van der Waals surface area contributed by atoms with Gasteiger partial charge >= 0.3 is 0 Å². The summed E-state index contributed by atoms with van der Waals surface area (Å²) in [4.78, 5) is 0.124. The molecule has 0 aliphatic heterocycles. The lowest BCUT2D eigenvalue weighted by Gasteiger charge is -2.14. The summed E-state index contributed by atoms with van der Waals surface area (Å²) >= 11 is 0. The molecule has 0 amide bonds. The molecule has 6 heteroatoms. The molecule has 1 aliphatic carbocycles. The van der Waals surface area contributed by atoms with E-state index in [-0.39, 0.29) is 4.90 Å². The standard InChI is InChI=1S/C14H17N3O2S/c1-10-13-4-2-3-5-14(13)17(16-10)11-6-8-12(9-7-11)20(15,18)19/h6-9H,2-5H2,1H3,(H2,15,18,19). The van der Waals surface area contributed by atoms with Crippen molar-refractivity contribution in [2.24, 2.45) is 5.14 Å². The minimum atomic E-state index is -3.64. The van der Waals surface area contributed by atoms with E-state index in [0.717, 1.165) is 24.2 Å². The maximum Gasteiger partial charge on any atom is 0.238 e. The van der Waals surface area contributed by atoms with Crippen LogP contribution in [0.3, 0.4) is 0 Å². The molecule has 106 valence electrons. The highest BCUT2D eigenvalue weighted by atomic mass is 32.2. The summed E-state index contributed by atoms with van der Waals surface area (Å²) in [5.74, 6) is 0. The molecule has 1 aromatic heterocycles. The highest BCUT2D eigenvalue weighted by molar-refractivity contribution is 7.89. The van der Waals surface area contributed by atoms with Crippen LogP contribution in [0.1, 0.15) is 29.8 Å². The van der Waals surface area contributed by atoms with E-state index in [9.17, 15) is 8.42 Å². The van der Waals surface area contributed by atoms with Gasteiger partial charge in [0.25, 0.3) is 0 Å². The smallest absolute Gasteiger partial charge is 0.237 e. The Morgan fingerprint density at radius 1 is 1.15 bits per heavy atom. The van der Waals surface area contributed by atoms with E-state index in [1.165, 1.54) is 36.2 Å². The van der Waals surface area contributed by atoms with Crippen molar-refractivity contribution in [3.8, 4) is 5.69 Å². The first-order chi connectivity index (χ1) is 9.47. The lowest BCUT2D eigenvalue weighted by molar-refractivity contribution is 0.597. The Kier molecular flexibility index (Phi) is 3.14. The highest BCUT2D eigenvalue weighted by Gasteiger charge is 2.19. The van der Waals surface area contributed by atoms with Crippen LogP contribution in [-0.2, 0) is 22.9 Å². The van der Waals surface area contributed by atoms with E-state index in [1.54, 1.807) is 12.1 Å². The summed E-state index contributed by atoms with van der Waals surface area (Å²) in [6.45, 7) is 2.03. The molecule has 0 radical (unpaired) electrons. The fraction of sp³-hybridized carbons (Fsp3) is 0.357. The second-order valence-electron chi connectivity index (χ2n) is 5.17. The minimum absolute atomic E-state index is 0.124. The van der Waals surface area contributed by atoms with E-state index in [4.69, 9.17) is 5.14 Å². The zero-order valence-corrected chi connectivity index (χ0v) is 12.2. The lowest BCUT2D eigenvalue weighted by atomic mass is 9.96. The van der Waals surface area contributed by atoms with Crippen molar-refractivity contribution in [2.75, 3.05) is 0 Å². The lowest BCUT2D eigenvalue weighted by Crippen LogP contribution is -2.12. The number of rotatable bonds is 2. The molecule has 5 nitrogen and oxygen atoms in total. The highest BCUT2D eigenvalue weighted by Crippen LogP contribution is 2.26. The van der Waals surface area contributed by atoms with Gasteiger partial charge in [0.05, 0.1) is 16.3 Å². The maximum absolute atomic E-state index is 11.3. The van der Waals surface area contributed by atoms with Crippen LogP contribution in [0.15, 0.2) is 29.2 Å². The molecule has 1 aromatic carbocycles. The average Bonchev–Trinajstić information content (AvgIpc) is 2.76. The third kappa shape index (κ3) is 2.25. The fourth-order valence-corrected chi connectivity index (χ4v) is 3.29. The number of benzene rings is 1. The number of hydrogen-bond donors (Lipinski definition) is 1. The summed E-state index contributed by atoms with van der Waals surface area (Å²) in [5.41, 5.74) is 4.53. The third-order valence-corrected chi connectivity index (χ3v) is 4.72. The summed E-state index contributed by atoms with van der Waals surface area (Å²) in [6, 6.07) is 6.55. The molecule has 0 unspecified atom stereocenters. The number of fused-ring (bicyclic) bond motifs is 1. The number of nitrogens with zero attached hydrogens (tertiary/aromatic N) is 2. The molecule has 0 saturated heterocycles. The van der Waals surface area contributed by atoms with Gasteiger partial charge in [0.1, 0.15) is 0 Å². The zero-order chi connectivity index (χ0) is 14.3. The van der Waals surface area contributed by atoms with Crippen LogP contribution in [-0.4, -0.2) is 18.2 Å². The van der Waals surface area contributed by atoms with Gasteiger partial charge in [-0.05, 0) is 62.4 Å². The largest absolute Gasteiger partial charge is 0.238 e. The Morgan fingerprint density at radius 2 is 1.80 bits per heavy atom. The van der Waals surface area contributed by atoms with E-state index in [0.29, 0.717) is 0 Å². The van der Waals surface area contributed by atoms with Crippen LogP contribution in [0.4, 0.5) is 0 Å². The number of aromatic nitrogens is 2. The molecule has 3 rings (SSSR count). The Hall–Kier alpha value is -1.66. The Bertz CT molecular complexity index is 745. The van der Waals surface area contributed by atoms with Gasteiger partial charge < -0.3 is 0 Å². The number of nitrogens with two attached hydrogens (primary N) is 1. The summed E-state index contributed by atoms with van der Waals surface area (Å²) in [6.07, 6.45) is 4.49. The summed E-state index contributed by atoms with van der Waals surface area (Å²) in [7, 11) is -3.64. The topological polar surface area (TPSA) is 78.0 Å². The van der Waals surface area contributed by atoms with Gasteiger partial charge in [-0.2, -0.15) is 5.10 Å². The Morgan fingerprint density at radius 3 is 2.45 bits per heavy atom. The van der Waals surface area contributed by atoms with Crippen molar-refractivity contribution < 1.29 is 8.42 Å². The molecule has 20 heavy (non-hydrogen) atoms. The van der Waals surface area contributed by atoms with Gasteiger partial charge in [-0.1, -0.05) is 0 Å². The molecule has 0 saturated carbocycles. The van der Waals surface area contributed by atoms with Gasteiger partial charge in [0.15, 0.2) is 0 Å². The van der Waals surface area contributed by atoms with Crippen LogP contribution >= 0.6 is 0 Å². The molecule has 2 aromatic rings. The minimum Gasteiger partial charge on any atom is -0.237 e. The first-order valence-corrected chi connectivity index (χ1v) is 8.22. The van der Waals surface area contributed by atoms with Crippen LogP contribution in [0, 0.1) is 6.92 Å². The van der Waals surface area contributed by atoms with Crippen LogP contribution in [0.25, 0.3) is 5.69 Å². The van der Waals surface area contributed by atoms with Crippen molar-refractivity contribution in [3.63, 3.8) is 0 Å². The van der Waals surface area contributed by atoms with Gasteiger partial charge in [0.2, 0.25) is 10.0 Å². The van der Waals surface area contributed by atoms with Crippen molar-refractivity contribution in [1.29, 1.82) is 0 Å². The van der Waals surface area contributed by atoms with Gasteiger partial charge in [-0.3, -0.25) is 0 Å². The number of hydrogen-bond acceptors (Lipinski definition) is 3. The van der Waals surface area contributed by atoms with Crippen molar-refractivity contribution >= 4 is 10.0 Å². The first kappa shape index (κ1) is 13.3. The van der Waals surface area contributed by atoms with Crippen molar-refractivity contribution in [1.82, 2.24) is 9.78 Å². The van der Waals surface area contributed by atoms with Crippen LogP contribution in [0.2, 0.25) is 0 Å². The van der Waals surface area contributed by atoms with Gasteiger partial charge in [0, 0.05) is 5.69 Å². The molecule has 0 fully saturated rings. The molecule has 0 atom stereocenters. The van der Waals surface area contributed by atoms with Crippen LogP contribution in [0.5, 0.6) is 0 Å². The van der Waals surface area contributed by atoms with E-state index in [1.807, 2.05) is 11.6 Å². The fourth-order valence-electron chi connectivity index (χ4n) is 2.77. The number of aryl methyl sites for hydroxylation is 1. The van der Waals surface area contributed by atoms with Crippen molar-refractivity contribution in [2.45, 2.75) is 37.5 Å². The SMILES string of the molecule is Cc1nn(-c2ccc(S(N)(=O)=O)cc2)c2c1CCCC2. The predicted molar refractivity (Wildman–Crippen MR) is 76.3 cm³/mol. The monoisotopic (exact) mass is 291 g/mol. The Balaban J connectivity index is 2.06. The summed E-state index contributed by atoms with van der Waals surface area (Å²) in [5, 5.41) is 9.70. The molecule has 1 heterocycles. The predicted octanol–water partition coefficient (Wildman–Crippen LogP) is 1.71. The van der Waals surface area contributed by atoms with Gasteiger partial charge in [-0.25, -0.2) is 18.2 Å². The first-order valence-electron chi connectivity index (χ1n) is 6.67. The maximum atomic E-state index is 11.3. The second kappa shape index (κ2) is 4.71. The molecule has 0 spiro atoms. The van der Waals surface area contributed by atoms with Crippen LogP contribution < -0.4 is 5.14 Å². The van der Waals surface area contributed by atoms with Gasteiger partial charge in [-0.15, -0.1) is 0 Å². The van der Waals surface area contributed by atoms with E-state index in [2.05, 4.69) is 5.10 Å². The quantitative estimate of drug-likeness (QED) is 0.915. The summed E-state index contributed by atoms with van der Waals surface area (Å²) < 4.78 is 24.5. The second-order valence-corrected chi connectivity index (χ2v) is 6.73.